The van der Waals surface area contributed by atoms with Crippen LogP contribution in [0.4, 0.5) is 5.00 Å². The Labute approximate surface area is 146 Å². The summed E-state index contributed by atoms with van der Waals surface area (Å²) >= 11 is 1.53. The Bertz CT molecular complexity index is 714. The molecule has 0 aliphatic carbocycles. The monoisotopic (exact) mass is 342 g/mol. The third-order valence-corrected chi connectivity index (χ3v) is 5.70. The normalized spacial score (nSPS) is 25.0. The SMILES string of the molecule is CCN1C(=O)C(c2ccccc2)C(=O)N(c2cccs2)C(C)C1C. The van der Waals surface area contributed by atoms with Crippen LogP contribution in [0.5, 0.6) is 0 Å². The molecule has 3 atom stereocenters. The number of hydrogen-bond donors (Lipinski definition) is 0. The number of nitrogens with zero attached hydrogens (tertiary/aromatic N) is 2. The number of likely N-dealkylation sites (N-methyl/N-ethyl adjacent to an activating group) is 1. The fraction of sp³-hybridized carbons (Fsp3) is 0.368. The molecule has 1 aliphatic rings. The lowest BCUT2D eigenvalue weighted by Crippen LogP contribution is -2.48. The summed E-state index contributed by atoms with van der Waals surface area (Å²) in [5.41, 5.74) is 0.758. The van der Waals surface area contributed by atoms with Crippen molar-refractivity contribution in [3.63, 3.8) is 0 Å². The van der Waals surface area contributed by atoms with E-state index in [0.29, 0.717) is 6.54 Å². The van der Waals surface area contributed by atoms with Gasteiger partial charge in [-0.2, -0.15) is 0 Å². The number of thiophene rings is 1. The number of carbonyl (C=O) groups is 2. The van der Waals surface area contributed by atoms with Crippen molar-refractivity contribution in [2.75, 3.05) is 11.4 Å². The van der Waals surface area contributed by atoms with Gasteiger partial charge in [-0.05, 0) is 43.8 Å². The van der Waals surface area contributed by atoms with Crippen molar-refractivity contribution >= 4 is 28.2 Å². The maximum atomic E-state index is 13.4. The zero-order valence-corrected chi connectivity index (χ0v) is 15.0. The Morgan fingerprint density at radius 2 is 1.67 bits per heavy atom. The minimum atomic E-state index is -0.777. The average molecular weight is 342 g/mol. The number of benzene rings is 1. The summed E-state index contributed by atoms with van der Waals surface area (Å²) in [5, 5.41) is 2.85. The minimum Gasteiger partial charge on any atom is -0.337 e. The first-order valence-corrected chi connectivity index (χ1v) is 9.16. The molecule has 0 radical (unpaired) electrons. The highest BCUT2D eigenvalue weighted by molar-refractivity contribution is 7.14. The highest BCUT2D eigenvalue weighted by atomic mass is 32.1. The molecular formula is C19H22N2O2S. The molecule has 1 aromatic carbocycles. The van der Waals surface area contributed by atoms with Crippen molar-refractivity contribution in [3.05, 3.63) is 53.4 Å². The molecule has 1 aliphatic heterocycles. The van der Waals surface area contributed by atoms with Gasteiger partial charge in [0.1, 0.15) is 5.92 Å². The fourth-order valence-corrected chi connectivity index (χ4v) is 4.20. The van der Waals surface area contributed by atoms with E-state index in [-0.39, 0.29) is 23.9 Å². The van der Waals surface area contributed by atoms with Crippen molar-refractivity contribution in [1.82, 2.24) is 4.90 Å². The van der Waals surface area contributed by atoms with E-state index in [0.717, 1.165) is 10.6 Å². The number of hydrogen-bond acceptors (Lipinski definition) is 3. The van der Waals surface area contributed by atoms with E-state index in [1.54, 1.807) is 4.90 Å². The van der Waals surface area contributed by atoms with Crippen molar-refractivity contribution in [3.8, 4) is 0 Å². The predicted octanol–water partition coefficient (Wildman–Crippen LogP) is 3.50. The van der Waals surface area contributed by atoms with Crippen LogP contribution in [0.1, 0.15) is 32.3 Å². The van der Waals surface area contributed by atoms with Crippen molar-refractivity contribution < 1.29 is 9.59 Å². The first kappa shape index (κ1) is 16.7. The molecule has 0 bridgehead atoms. The summed E-state index contributed by atoms with van der Waals surface area (Å²) in [5.74, 6) is -1.02. The maximum absolute atomic E-state index is 13.4. The van der Waals surface area contributed by atoms with Gasteiger partial charge in [0.15, 0.2) is 0 Å². The summed E-state index contributed by atoms with van der Waals surface area (Å²) in [6, 6.07) is 13.1. The second-order valence-electron chi connectivity index (χ2n) is 6.11. The van der Waals surface area contributed by atoms with Crippen LogP contribution < -0.4 is 4.90 Å². The van der Waals surface area contributed by atoms with E-state index in [9.17, 15) is 9.59 Å². The second-order valence-corrected chi connectivity index (χ2v) is 7.03. The van der Waals surface area contributed by atoms with Gasteiger partial charge >= 0.3 is 0 Å². The second kappa shape index (κ2) is 6.77. The van der Waals surface area contributed by atoms with Gasteiger partial charge < -0.3 is 4.90 Å². The number of anilines is 1. The van der Waals surface area contributed by atoms with E-state index in [1.165, 1.54) is 11.3 Å². The van der Waals surface area contributed by atoms with Crippen LogP contribution in [0.3, 0.4) is 0 Å². The molecule has 5 heteroatoms. The Kier molecular flexibility index (Phi) is 4.71. The lowest BCUT2D eigenvalue weighted by atomic mass is 9.96. The average Bonchev–Trinajstić information content (AvgIpc) is 3.08. The molecular weight excluding hydrogens is 320 g/mol. The van der Waals surface area contributed by atoms with E-state index in [1.807, 2.05) is 73.5 Å². The third-order valence-electron chi connectivity index (χ3n) is 4.83. The van der Waals surface area contributed by atoms with Crippen LogP contribution in [0, 0.1) is 0 Å². The molecule has 2 heterocycles. The molecule has 2 aromatic rings. The molecule has 0 spiro atoms. The van der Waals surface area contributed by atoms with Gasteiger partial charge in [-0.1, -0.05) is 30.3 Å². The first-order valence-electron chi connectivity index (χ1n) is 8.28. The van der Waals surface area contributed by atoms with Crippen molar-refractivity contribution in [2.24, 2.45) is 0 Å². The van der Waals surface area contributed by atoms with Gasteiger partial charge in [-0.25, -0.2) is 0 Å². The summed E-state index contributed by atoms with van der Waals surface area (Å²) in [7, 11) is 0. The van der Waals surface area contributed by atoms with Gasteiger partial charge in [0.2, 0.25) is 11.8 Å². The van der Waals surface area contributed by atoms with E-state index >= 15 is 0 Å². The largest absolute Gasteiger partial charge is 0.337 e. The molecule has 3 rings (SSSR count). The number of rotatable bonds is 3. The molecule has 126 valence electrons. The molecule has 1 fully saturated rings. The van der Waals surface area contributed by atoms with Crippen LogP contribution in [0.25, 0.3) is 0 Å². The maximum Gasteiger partial charge on any atom is 0.245 e. The van der Waals surface area contributed by atoms with Gasteiger partial charge in [0.05, 0.1) is 11.0 Å². The standard InChI is InChI=1S/C19H22N2O2S/c1-4-20-13(2)14(3)21(16-11-8-12-24-16)19(23)17(18(20)22)15-9-6-5-7-10-15/h5-14,17H,4H2,1-3H3. The Morgan fingerprint density at radius 1 is 0.958 bits per heavy atom. The molecule has 4 nitrogen and oxygen atoms in total. The molecule has 1 saturated heterocycles. The van der Waals surface area contributed by atoms with Gasteiger partial charge in [0, 0.05) is 12.6 Å². The van der Waals surface area contributed by atoms with Crippen LogP contribution in [-0.2, 0) is 9.59 Å². The summed E-state index contributed by atoms with van der Waals surface area (Å²) in [6.45, 7) is 6.60. The van der Waals surface area contributed by atoms with E-state index in [2.05, 4.69) is 0 Å². The summed E-state index contributed by atoms with van der Waals surface area (Å²) in [6.07, 6.45) is 0. The molecule has 3 unspecified atom stereocenters. The number of amides is 2. The minimum absolute atomic E-state index is 0.0396. The highest BCUT2D eigenvalue weighted by Gasteiger charge is 2.44. The number of carbonyl (C=O) groups excluding carboxylic acids is 2. The smallest absolute Gasteiger partial charge is 0.245 e. The summed E-state index contributed by atoms with van der Waals surface area (Å²) in [4.78, 5) is 30.1. The molecule has 24 heavy (non-hydrogen) atoms. The quantitative estimate of drug-likeness (QED) is 0.801. The predicted molar refractivity (Wildman–Crippen MR) is 97.3 cm³/mol. The van der Waals surface area contributed by atoms with Gasteiger partial charge in [-0.3, -0.25) is 14.5 Å². The highest BCUT2D eigenvalue weighted by Crippen LogP contribution is 2.34. The van der Waals surface area contributed by atoms with Crippen LogP contribution in [0.2, 0.25) is 0 Å². The molecule has 0 N–H and O–H groups in total. The lowest BCUT2D eigenvalue weighted by Gasteiger charge is -2.34. The van der Waals surface area contributed by atoms with Gasteiger partial charge in [0.25, 0.3) is 0 Å². The molecule has 2 amide bonds. The van der Waals surface area contributed by atoms with Crippen LogP contribution in [0.15, 0.2) is 47.8 Å². The molecule has 1 aromatic heterocycles. The first-order chi connectivity index (χ1) is 11.6. The third kappa shape index (κ3) is 2.73. The zero-order chi connectivity index (χ0) is 17.3. The van der Waals surface area contributed by atoms with Crippen LogP contribution in [-0.4, -0.2) is 35.3 Å². The Morgan fingerprint density at radius 3 is 2.25 bits per heavy atom. The topological polar surface area (TPSA) is 40.6 Å². The molecule has 0 saturated carbocycles. The lowest BCUT2D eigenvalue weighted by molar-refractivity contribution is -0.137. The Balaban J connectivity index is 2.13. The van der Waals surface area contributed by atoms with E-state index in [4.69, 9.17) is 0 Å². The zero-order valence-electron chi connectivity index (χ0n) is 14.2. The van der Waals surface area contributed by atoms with Crippen molar-refractivity contribution in [1.29, 1.82) is 0 Å². The van der Waals surface area contributed by atoms with Crippen molar-refractivity contribution in [2.45, 2.75) is 38.8 Å². The van der Waals surface area contributed by atoms with Gasteiger partial charge in [-0.15, -0.1) is 11.3 Å². The fourth-order valence-electron chi connectivity index (χ4n) is 3.38. The van der Waals surface area contributed by atoms with Crippen LogP contribution >= 0.6 is 11.3 Å². The van der Waals surface area contributed by atoms with E-state index < -0.39 is 5.92 Å². The summed E-state index contributed by atoms with van der Waals surface area (Å²) < 4.78 is 0. The Hall–Kier alpha value is -2.14.